The van der Waals surface area contributed by atoms with Crippen LogP contribution >= 0.6 is 0 Å². The zero-order valence-corrected chi connectivity index (χ0v) is 11.8. The van der Waals surface area contributed by atoms with E-state index in [4.69, 9.17) is 0 Å². The van der Waals surface area contributed by atoms with Crippen LogP contribution in [0, 0.1) is 11.6 Å². The molecule has 3 aromatic carbocycles. The second-order valence-corrected chi connectivity index (χ2v) is 5.39. The minimum absolute atomic E-state index is 0.239. The summed E-state index contributed by atoms with van der Waals surface area (Å²) in [5.41, 5.74) is 3.03. The van der Waals surface area contributed by atoms with E-state index in [0.717, 1.165) is 27.4 Å². The van der Waals surface area contributed by atoms with E-state index < -0.39 is 0 Å². The van der Waals surface area contributed by atoms with Gasteiger partial charge in [-0.05, 0) is 42.0 Å². The SMILES string of the molecule is Fc1ccc(Cn2c3ccccc3c3cc(F)ccc32)cc1. The zero-order valence-electron chi connectivity index (χ0n) is 11.8. The number of halogens is 2. The maximum Gasteiger partial charge on any atom is 0.123 e. The highest BCUT2D eigenvalue weighted by atomic mass is 19.1. The van der Waals surface area contributed by atoms with E-state index >= 15 is 0 Å². The summed E-state index contributed by atoms with van der Waals surface area (Å²) < 4.78 is 28.8. The van der Waals surface area contributed by atoms with Crippen molar-refractivity contribution < 1.29 is 8.78 Å². The molecule has 0 aliphatic carbocycles. The fourth-order valence-electron chi connectivity index (χ4n) is 2.97. The van der Waals surface area contributed by atoms with Crippen LogP contribution in [0.5, 0.6) is 0 Å². The smallest absolute Gasteiger partial charge is 0.123 e. The van der Waals surface area contributed by atoms with Crippen LogP contribution in [0.3, 0.4) is 0 Å². The van der Waals surface area contributed by atoms with Crippen LogP contribution in [0.1, 0.15) is 5.56 Å². The van der Waals surface area contributed by atoms with Crippen LogP contribution < -0.4 is 0 Å². The fraction of sp³-hybridized carbons (Fsp3) is 0.0526. The average molecular weight is 293 g/mol. The summed E-state index contributed by atoms with van der Waals surface area (Å²) in [6.45, 7) is 0.621. The van der Waals surface area contributed by atoms with Gasteiger partial charge in [0.15, 0.2) is 0 Å². The summed E-state index contributed by atoms with van der Waals surface area (Å²) in [4.78, 5) is 0. The van der Waals surface area contributed by atoms with Gasteiger partial charge in [0, 0.05) is 28.4 Å². The van der Waals surface area contributed by atoms with Gasteiger partial charge < -0.3 is 4.57 Å². The van der Waals surface area contributed by atoms with Crippen molar-refractivity contribution in [3.63, 3.8) is 0 Å². The van der Waals surface area contributed by atoms with Gasteiger partial charge in [0.25, 0.3) is 0 Å². The summed E-state index contributed by atoms with van der Waals surface area (Å²) in [5, 5.41) is 1.93. The first-order valence-electron chi connectivity index (χ1n) is 7.13. The topological polar surface area (TPSA) is 4.93 Å². The van der Waals surface area contributed by atoms with E-state index in [9.17, 15) is 8.78 Å². The third kappa shape index (κ3) is 2.06. The molecule has 108 valence electrons. The lowest BCUT2D eigenvalue weighted by Gasteiger charge is -2.07. The molecule has 0 aliphatic heterocycles. The molecule has 0 bridgehead atoms. The highest BCUT2D eigenvalue weighted by Crippen LogP contribution is 2.30. The molecule has 1 heterocycles. The predicted molar refractivity (Wildman–Crippen MR) is 84.9 cm³/mol. The van der Waals surface area contributed by atoms with Crippen LogP contribution in [0.25, 0.3) is 21.8 Å². The molecule has 0 atom stereocenters. The van der Waals surface area contributed by atoms with Gasteiger partial charge in [0.05, 0.1) is 0 Å². The van der Waals surface area contributed by atoms with Crippen molar-refractivity contribution in [1.82, 2.24) is 4.57 Å². The van der Waals surface area contributed by atoms with Crippen LogP contribution in [0.15, 0.2) is 66.7 Å². The minimum atomic E-state index is -0.243. The van der Waals surface area contributed by atoms with Gasteiger partial charge in [-0.3, -0.25) is 0 Å². The summed E-state index contributed by atoms with van der Waals surface area (Å²) in [6.07, 6.45) is 0. The number of hydrogen-bond donors (Lipinski definition) is 0. The largest absolute Gasteiger partial charge is 0.336 e. The van der Waals surface area contributed by atoms with Gasteiger partial charge >= 0.3 is 0 Å². The summed E-state index contributed by atoms with van der Waals surface area (Å²) in [5.74, 6) is -0.481. The van der Waals surface area contributed by atoms with Crippen molar-refractivity contribution >= 4 is 21.8 Å². The normalized spacial score (nSPS) is 11.4. The maximum absolute atomic E-state index is 13.6. The van der Waals surface area contributed by atoms with E-state index in [1.807, 2.05) is 24.3 Å². The molecule has 0 fully saturated rings. The van der Waals surface area contributed by atoms with Gasteiger partial charge in [-0.1, -0.05) is 30.3 Å². The van der Waals surface area contributed by atoms with Crippen molar-refractivity contribution in [2.24, 2.45) is 0 Å². The Bertz CT molecular complexity index is 968. The van der Waals surface area contributed by atoms with E-state index in [0.29, 0.717) is 6.54 Å². The van der Waals surface area contributed by atoms with Crippen LogP contribution in [0.4, 0.5) is 8.78 Å². The average Bonchev–Trinajstić information content (AvgIpc) is 2.83. The molecule has 0 radical (unpaired) electrons. The third-order valence-corrected chi connectivity index (χ3v) is 3.99. The van der Waals surface area contributed by atoms with Crippen LogP contribution in [0.2, 0.25) is 0 Å². The van der Waals surface area contributed by atoms with Crippen molar-refractivity contribution in [1.29, 1.82) is 0 Å². The number of rotatable bonds is 2. The molecule has 0 saturated heterocycles. The van der Waals surface area contributed by atoms with Crippen LogP contribution in [-0.4, -0.2) is 4.57 Å². The summed E-state index contributed by atoms with van der Waals surface area (Å²) in [7, 11) is 0. The number of fused-ring (bicyclic) bond motifs is 3. The highest BCUT2D eigenvalue weighted by molar-refractivity contribution is 6.08. The van der Waals surface area contributed by atoms with Gasteiger partial charge in [0.2, 0.25) is 0 Å². The molecular weight excluding hydrogens is 280 g/mol. The molecule has 0 N–H and O–H groups in total. The number of nitrogens with zero attached hydrogens (tertiary/aromatic N) is 1. The van der Waals surface area contributed by atoms with Gasteiger partial charge in [-0.15, -0.1) is 0 Å². The molecule has 4 rings (SSSR count). The Hall–Kier alpha value is -2.68. The van der Waals surface area contributed by atoms with Crippen molar-refractivity contribution in [2.75, 3.05) is 0 Å². The van der Waals surface area contributed by atoms with E-state index in [1.54, 1.807) is 24.3 Å². The minimum Gasteiger partial charge on any atom is -0.336 e. The quantitative estimate of drug-likeness (QED) is 0.483. The number of aromatic nitrogens is 1. The van der Waals surface area contributed by atoms with Gasteiger partial charge in [-0.2, -0.15) is 0 Å². The fourth-order valence-corrected chi connectivity index (χ4v) is 2.97. The lowest BCUT2D eigenvalue weighted by Crippen LogP contribution is -1.99. The summed E-state index contributed by atoms with van der Waals surface area (Å²) in [6, 6.07) is 19.3. The monoisotopic (exact) mass is 293 g/mol. The third-order valence-electron chi connectivity index (χ3n) is 3.99. The van der Waals surface area contributed by atoms with Crippen molar-refractivity contribution in [3.05, 3.63) is 83.9 Å². The second kappa shape index (κ2) is 4.95. The molecule has 4 aromatic rings. The second-order valence-electron chi connectivity index (χ2n) is 5.39. The Balaban J connectivity index is 1.96. The number of para-hydroxylation sites is 1. The molecule has 0 amide bonds. The van der Waals surface area contributed by atoms with Crippen molar-refractivity contribution in [2.45, 2.75) is 6.54 Å². The Labute approximate surface area is 126 Å². The van der Waals surface area contributed by atoms with Gasteiger partial charge in [0.1, 0.15) is 11.6 Å². The Kier molecular flexibility index (Phi) is 2.93. The first-order chi connectivity index (χ1) is 10.7. The molecule has 1 aromatic heterocycles. The molecule has 0 saturated carbocycles. The highest BCUT2D eigenvalue weighted by Gasteiger charge is 2.11. The first-order valence-corrected chi connectivity index (χ1v) is 7.13. The molecule has 0 spiro atoms. The zero-order chi connectivity index (χ0) is 15.1. The lowest BCUT2D eigenvalue weighted by molar-refractivity contribution is 0.626. The van der Waals surface area contributed by atoms with E-state index in [-0.39, 0.29) is 11.6 Å². The molecule has 0 unspecified atom stereocenters. The summed E-state index contributed by atoms with van der Waals surface area (Å²) >= 11 is 0. The molecule has 22 heavy (non-hydrogen) atoms. The number of benzene rings is 3. The van der Waals surface area contributed by atoms with E-state index in [1.165, 1.54) is 18.2 Å². The molecular formula is C19H13F2N. The molecule has 1 nitrogen and oxygen atoms in total. The lowest BCUT2D eigenvalue weighted by atomic mass is 10.1. The van der Waals surface area contributed by atoms with Crippen LogP contribution in [-0.2, 0) is 6.54 Å². The Morgan fingerprint density at radius 3 is 2.18 bits per heavy atom. The first kappa shape index (κ1) is 13.0. The standard InChI is InChI=1S/C19H13F2N/c20-14-7-5-13(6-8-14)12-22-18-4-2-1-3-16(18)17-11-15(21)9-10-19(17)22/h1-11H,12H2. The number of hydrogen-bond acceptors (Lipinski definition) is 0. The van der Waals surface area contributed by atoms with E-state index in [2.05, 4.69) is 4.57 Å². The Morgan fingerprint density at radius 1 is 0.682 bits per heavy atom. The van der Waals surface area contributed by atoms with Gasteiger partial charge in [-0.25, -0.2) is 8.78 Å². The van der Waals surface area contributed by atoms with Crippen molar-refractivity contribution in [3.8, 4) is 0 Å². The molecule has 3 heteroatoms. The predicted octanol–water partition coefficient (Wildman–Crippen LogP) is 5.12. The Morgan fingerprint density at radius 2 is 1.36 bits per heavy atom. The maximum atomic E-state index is 13.6. The molecule has 0 aliphatic rings.